The van der Waals surface area contributed by atoms with E-state index in [1.807, 2.05) is 0 Å². The molecule has 8 atom stereocenters. The molecule has 178 valence electrons. The molecule has 0 aromatic rings. The average molecular weight is 447 g/mol. The van der Waals surface area contributed by atoms with Crippen molar-refractivity contribution in [3.63, 3.8) is 0 Å². The van der Waals surface area contributed by atoms with Gasteiger partial charge in [-0.15, -0.1) is 0 Å². The van der Waals surface area contributed by atoms with Crippen molar-refractivity contribution < 1.29 is 29.0 Å². The van der Waals surface area contributed by atoms with Gasteiger partial charge in [-0.3, -0.25) is 14.4 Å². The number of hydrogen-bond donors (Lipinski definition) is 1. The summed E-state index contributed by atoms with van der Waals surface area (Å²) < 4.78 is 12.0. The molecule has 0 bridgehead atoms. The number of hydrogen-bond acceptors (Lipinski definition) is 5. The molecule has 1 heterocycles. The van der Waals surface area contributed by atoms with Crippen molar-refractivity contribution in [2.45, 2.75) is 84.3 Å². The normalized spacial score (nSPS) is 45.9. The maximum absolute atomic E-state index is 13.8. The van der Waals surface area contributed by atoms with E-state index in [-0.39, 0.29) is 47.3 Å². The average Bonchev–Trinajstić information content (AvgIpc) is 3.34. The van der Waals surface area contributed by atoms with Crippen LogP contribution in [0.25, 0.3) is 0 Å². The number of rotatable bonds is 4. The molecule has 6 nitrogen and oxygen atoms in total. The second-order valence-electron chi connectivity index (χ2n) is 11.9. The number of carbonyl (C=O) groups excluding carboxylic acids is 2. The van der Waals surface area contributed by atoms with Crippen molar-refractivity contribution in [3.8, 4) is 0 Å². The molecule has 0 amide bonds. The molecule has 1 N–H and O–H groups in total. The summed E-state index contributed by atoms with van der Waals surface area (Å²) in [5.41, 5.74) is -0.519. The number of ether oxygens (including phenoxy) is 2. The Morgan fingerprint density at radius 2 is 1.81 bits per heavy atom. The zero-order valence-electron chi connectivity index (χ0n) is 19.7. The quantitative estimate of drug-likeness (QED) is 0.694. The third kappa shape index (κ3) is 3.15. The van der Waals surface area contributed by atoms with Gasteiger partial charge in [0.1, 0.15) is 11.6 Å². The molecule has 5 fully saturated rings. The van der Waals surface area contributed by atoms with Crippen LogP contribution in [0.5, 0.6) is 0 Å². The van der Waals surface area contributed by atoms with E-state index in [4.69, 9.17) is 14.6 Å². The molecule has 0 aromatic carbocycles. The fourth-order valence-corrected chi connectivity index (χ4v) is 8.85. The molecule has 0 radical (unpaired) electrons. The van der Waals surface area contributed by atoms with Crippen molar-refractivity contribution >= 4 is 17.5 Å². The predicted molar refractivity (Wildman–Crippen MR) is 117 cm³/mol. The van der Waals surface area contributed by atoms with Gasteiger partial charge in [0.25, 0.3) is 0 Å². The highest BCUT2D eigenvalue weighted by molar-refractivity contribution is 5.92. The van der Waals surface area contributed by atoms with Crippen LogP contribution in [0, 0.1) is 46.3 Å². The summed E-state index contributed by atoms with van der Waals surface area (Å²) in [6.07, 6.45) is 6.21. The fourth-order valence-electron chi connectivity index (χ4n) is 8.85. The van der Waals surface area contributed by atoms with Gasteiger partial charge in [0.05, 0.1) is 13.2 Å². The summed E-state index contributed by atoms with van der Waals surface area (Å²) in [5, 5.41) is 9.13. The van der Waals surface area contributed by atoms with Crippen LogP contribution in [0.4, 0.5) is 0 Å². The van der Waals surface area contributed by atoms with Gasteiger partial charge in [0.2, 0.25) is 0 Å². The first kappa shape index (κ1) is 22.5. The number of ketones is 2. The van der Waals surface area contributed by atoms with Crippen LogP contribution in [-0.2, 0) is 23.9 Å². The molecule has 1 aliphatic heterocycles. The van der Waals surface area contributed by atoms with E-state index >= 15 is 0 Å². The minimum absolute atomic E-state index is 0.0247. The molecule has 4 saturated carbocycles. The largest absolute Gasteiger partial charge is 0.481 e. The summed E-state index contributed by atoms with van der Waals surface area (Å²) >= 11 is 0. The summed E-state index contributed by atoms with van der Waals surface area (Å²) in [6.45, 7) is 7.78. The topological polar surface area (TPSA) is 89.9 Å². The Labute approximate surface area is 190 Å². The molecule has 0 aromatic heterocycles. The van der Waals surface area contributed by atoms with E-state index in [9.17, 15) is 14.4 Å². The van der Waals surface area contributed by atoms with Gasteiger partial charge in [-0.05, 0) is 60.7 Å². The van der Waals surface area contributed by atoms with Crippen LogP contribution in [-0.4, -0.2) is 41.6 Å². The molecule has 0 unspecified atom stereocenters. The Hall–Kier alpha value is -1.27. The number of carboxylic acids is 1. The lowest BCUT2D eigenvalue weighted by Gasteiger charge is -2.60. The van der Waals surface area contributed by atoms with Gasteiger partial charge < -0.3 is 14.6 Å². The van der Waals surface area contributed by atoms with Gasteiger partial charge in [-0.2, -0.15) is 0 Å². The van der Waals surface area contributed by atoms with Crippen molar-refractivity contribution in [1.82, 2.24) is 0 Å². The minimum Gasteiger partial charge on any atom is -0.481 e. The number of carbonyl (C=O) groups is 3. The molecule has 1 spiro atoms. The van der Waals surface area contributed by atoms with E-state index in [1.54, 1.807) is 0 Å². The fraction of sp³-hybridized carbons (Fsp3) is 0.885. The Bertz CT molecular complexity index is 815. The summed E-state index contributed by atoms with van der Waals surface area (Å²) in [4.78, 5) is 38.6. The molecular formula is C26H38O6. The molecule has 6 heteroatoms. The van der Waals surface area contributed by atoms with E-state index in [2.05, 4.69) is 20.8 Å². The van der Waals surface area contributed by atoms with Gasteiger partial charge >= 0.3 is 5.97 Å². The minimum atomic E-state index is -0.779. The second-order valence-corrected chi connectivity index (χ2v) is 11.9. The standard InChI is InChI=1S/C26H38O6/c1-15(4-7-22(29)30)17-5-6-18-23-19(13-21(28)25(17,18)3)24(2)8-9-26(31-10-11-32-26)14-16(24)12-20(23)27/h15-19,23H,4-14H2,1-3H3,(H,29,30)/t15-,16+,17+,18+,19+,23+,24-,25+/m0/s1. The molecule has 5 rings (SSSR count). The first-order chi connectivity index (χ1) is 15.1. The van der Waals surface area contributed by atoms with E-state index < -0.39 is 17.2 Å². The van der Waals surface area contributed by atoms with Crippen molar-refractivity contribution in [2.24, 2.45) is 46.3 Å². The highest BCUT2D eigenvalue weighted by Gasteiger charge is 2.67. The lowest BCUT2D eigenvalue weighted by atomic mass is 9.43. The Morgan fingerprint density at radius 3 is 2.50 bits per heavy atom. The van der Waals surface area contributed by atoms with Crippen LogP contribution < -0.4 is 0 Å². The van der Waals surface area contributed by atoms with Gasteiger partial charge in [0.15, 0.2) is 5.79 Å². The summed E-state index contributed by atoms with van der Waals surface area (Å²) in [5.74, 6) is 0.121. The highest BCUT2D eigenvalue weighted by atomic mass is 16.7. The van der Waals surface area contributed by atoms with E-state index in [0.717, 1.165) is 32.1 Å². The third-order valence-corrected chi connectivity index (χ3v) is 10.7. The number of Topliss-reactive ketones (excluding diaryl/α,β-unsaturated/α-hetero) is 2. The Morgan fingerprint density at radius 1 is 1.09 bits per heavy atom. The van der Waals surface area contributed by atoms with Gasteiger partial charge in [-0.25, -0.2) is 0 Å². The molecule has 1 saturated heterocycles. The summed E-state index contributed by atoms with van der Waals surface area (Å²) in [6, 6.07) is 0. The highest BCUT2D eigenvalue weighted by Crippen LogP contribution is 2.67. The van der Waals surface area contributed by atoms with Gasteiger partial charge in [-0.1, -0.05) is 20.8 Å². The van der Waals surface area contributed by atoms with E-state index in [1.165, 1.54) is 0 Å². The lowest BCUT2D eigenvalue weighted by Crippen LogP contribution is -2.61. The van der Waals surface area contributed by atoms with Gasteiger partial charge in [0, 0.05) is 43.4 Å². The number of aliphatic carboxylic acids is 1. The Kier molecular flexibility index (Phi) is 5.37. The van der Waals surface area contributed by atoms with Crippen molar-refractivity contribution in [3.05, 3.63) is 0 Å². The van der Waals surface area contributed by atoms with Crippen LogP contribution >= 0.6 is 0 Å². The second kappa shape index (κ2) is 7.63. The zero-order chi connectivity index (χ0) is 22.9. The monoisotopic (exact) mass is 446 g/mol. The maximum atomic E-state index is 13.8. The molecule has 4 aliphatic carbocycles. The van der Waals surface area contributed by atoms with Crippen molar-refractivity contribution in [2.75, 3.05) is 13.2 Å². The Balaban J connectivity index is 1.41. The first-order valence-corrected chi connectivity index (χ1v) is 12.7. The molecular weight excluding hydrogens is 408 g/mol. The van der Waals surface area contributed by atoms with Crippen LogP contribution in [0.3, 0.4) is 0 Å². The molecule has 5 aliphatic rings. The SMILES string of the molecule is C[C@@H](CCC(=O)O)[C@H]1CC[C@@H]2[C@H]3C(=O)C[C@@H]4CC5(CC[C@]4(C)[C@@H]3CC(=O)[C@@]21C)OCCO5. The number of fused-ring (bicyclic) bond motifs is 5. The first-order valence-electron chi connectivity index (χ1n) is 12.7. The zero-order valence-corrected chi connectivity index (χ0v) is 19.7. The molecule has 32 heavy (non-hydrogen) atoms. The maximum Gasteiger partial charge on any atom is 0.303 e. The van der Waals surface area contributed by atoms with Crippen molar-refractivity contribution in [1.29, 1.82) is 0 Å². The van der Waals surface area contributed by atoms with Crippen LogP contribution in [0.1, 0.15) is 78.6 Å². The predicted octanol–water partition coefficient (Wildman–Crippen LogP) is 4.25. The third-order valence-electron chi connectivity index (χ3n) is 10.7. The van der Waals surface area contributed by atoms with Crippen LogP contribution in [0.2, 0.25) is 0 Å². The van der Waals surface area contributed by atoms with E-state index in [0.29, 0.717) is 44.0 Å². The summed E-state index contributed by atoms with van der Waals surface area (Å²) in [7, 11) is 0. The lowest BCUT2D eigenvalue weighted by molar-refractivity contribution is -0.225. The smallest absolute Gasteiger partial charge is 0.303 e. The number of carboxylic acid groups (broad SMARTS) is 1. The van der Waals surface area contributed by atoms with Crippen LogP contribution in [0.15, 0.2) is 0 Å².